The maximum Gasteiger partial charge on any atom is 0.340 e. The van der Waals surface area contributed by atoms with Crippen molar-refractivity contribution in [2.75, 3.05) is 13.2 Å². The standard InChI is InChI=1S/C14H13I3O4/c1-8(2)13(18)20-4-3-5-21-14(19)12-10(16)6-9(15)7-11(12)17/h6-7H,1,3-5H2,2H3. The maximum atomic E-state index is 12.0. The molecule has 4 nitrogen and oxygen atoms in total. The molecule has 0 aliphatic rings. The van der Waals surface area contributed by atoms with Gasteiger partial charge in [-0.1, -0.05) is 6.58 Å². The molecule has 0 aliphatic carbocycles. The van der Waals surface area contributed by atoms with Crippen LogP contribution in [-0.2, 0) is 14.3 Å². The molecule has 7 heteroatoms. The van der Waals surface area contributed by atoms with Gasteiger partial charge in [0.15, 0.2) is 0 Å². The fourth-order valence-corrected chi connectivity index (χ4v) is 5.34. The van der Waals surface area contributed by atoms with Gasteiger partial charge in [0.25, 0.3) is 0 Å². The molecule has 0 saturated carbocycles. The normalized spacial score (nSPS) is 10.1. The summed E-state index contributed by atoms with van der Waals surface area (Å²) in [5.41, 5.74) is 0.936. The first-order valence-electron chi connectivity index (χ1n) is 5.97. The lowest BCUT2D eigenvalue weighted by atomic mass is 10.2. The highest BCUT2D eigenvalue weighted by Crippen LogP contribution is 2.23. The first-order chi connectivity index (χ1) is 9.82. The van der Waals surface area contributed by atoms with Crippen LogP contribution in [0.15, 0.2) is 24.3 Å². The Morgan fingerprint density at radius 2 is 1.62 bits per heavy atom. The van der Waals surface area contributed by atoms with Crippen molar-refractivity contribution < 1.29 is 19.1 Å². The number of hydrogen-bond acceptors (Lipinski definition) is 4. The first-order valence-corrected chi connectivity index (χ1v) is 9.21. The Balaban J connectivity index is 2.45. The Bertz CT molecular complexity index is 546. The van der Waals surface area contributed by atoms with Gasteiger partial charge >= 0.3 is 11.9 Å². The van der Waals surface area contributed by atoms with Crippen molar-refractivity contribution in [1.82, 2.24) is 0 Å². The molecular weight excluding hydrogens is 613 g/mol. The summed E-state index contributed by atoms with van der Waals surface area (Å²) in [5.74, 6) is -0.783. The molecule has 1 aromatic rings. The van der Waals surface area contributed by atoms with E-state index in [2.05, 4.69) is 74.4 Å². The molecule has 0 aromatic heterocycles. The van der Waals surface area contributed by atoms with Crippen molar-refractivity contribution in [2.24, 2.45) is 0 Å². The number of benzene rings is 1. The second-order valence-electron chi connectivity index (χ2n) is 4.15. The molecule has 0 saturated heterocycles. The molecular formula is C14H13I3O4. The van der Waals surface area contributed by atoms with E-state index in [1.54, 1.807) is 6.92 Å². The number of hydrogen-bond donors (Lipinski definition) is 0. The second kappa shape index (κ2) is 9.28. The molecule has 0 radical (unpaired) electrons. The van der Waals surface area contributed by atoms with Crippen LogP contribution in [0.3, 0.4) is 0 Å². The fraction of sp³-hybridized carbons (Fsp3) is 0.286. The van der Waals surface area contributed by atoms with Crippen LogP contribution in [-0.4, -0.2) is 25.2 Å². The third-order valence-corrected chi connectivity index (χ3v) is 4.64. The minimum atomic E-state index is -0.428. The van der Waals surface area contributed by atoms with Crippen LogP contribution in [0.1, 0.15) is 23.7 Å². The summed E-state index contributed by atoms with van der Waals surface area (Å²) < 4.78 is 12.9. The van der Waals surface area contributed by atoms with Gasteiger partial charge in [-0.25, -0.2) is 9.59 Å². The summed E-state index contributed by atoms with van der Waals surface area (Å²) in [7, 11) is 0. The number of halogens is 3. The summed E-state index contributed by atoms with van der Waals surface area (Å²) in [5, 5.41) is 0. The molecule has 0 amide bonds. The highest BCUT2D eigenvalue weighted by atomic mass is 127. The average molecular weight is 626 g/mol. The lowest BCUT2D eigenvalue weighted by Gasteiger charge is -2.09. The van der Waals surface area contributed by atoms with Gasteiger partial charge in [0.05, 0.1) is 18.8 Å². The molecule has 0 unspecified atom stereocenters. The van der Waals surface area contributed by atoms with Crippen LogP contribution in [0.5, 0.6) is 0 Å². The molecule has 0 spiro atoms. The summed E-state index contributed by atoms with van der Waals surface area (Å²) in [6.07, 6.45) is 0.461. The third-order valence-electron chi connectivity index (χ3n) is 2.31. The minimum Gasteiger partial charge on any atom is -0.462 e. The van der Waals surface area contributed by atoms with E-state index in [0.717, 1.165) is 10.7 Å². The van der Waals surface area contributed by atoms with Crippen molar-refractivity contribution in [3.8, 4) is 0 Å². The maximum absolute atomic E-state index is 12.0. The molecule has 1 rings (SSSR count). The zero-order valence-corrected chi connectivity index (χ0v) is 17.7. The zero-order valence-electron chi connectivity index (χ0n) is 11.3. The third kappa shape index (κ3) is 6.38. The van der Waals surface area contributed by atoms with Gasteiger partial charge in [0, 0.05) is 22.7 Å². The van der Waals surface area contributed by atoms with Crippen molar-refractivity contribution in [1.29, 1.82) is 0 Å². The molecule has 0 bridgehead atoms. The lowest BCUT2D eigenvalue weighted by molar-refractivity contribution is -0.139. The van der Waals surface area contributed by atoms with Crippen molar-refractivity contribution in [3.05, 3.63) is 40.6 Å². The highest BCUT2D eigenvalue weighted by molar-refractivity contribution is 14.1. The summed E-state index contributed by atoms with van der Waals surface area (Å²) >= 11 is 6.45. The number of rotatable bonds is 6. The molecule has 0 fully saturated rings. The highest BCUT2D eigenvalue weighted by Gasteiger charge is 2.16. The fourth-order valence-electron chi connectivity index (χ4n) is 1.32. The number of carbonyl (C=O) groups excluding carboxylic acids is 2. The Hall–Kier alpha value is 0.0900. The topological polar surface area (TPSA) is 52.6 Å². The molecule has 0 aliphatic heterocycles. The summed E-state index contributed by atoms with van der Waals surface area (Å²) in [6.45, 7) is 5.49. The SMILES string of the molecule is C=C(C)C(=O)OCCCOC(=O)c1c(I)cc(I)cc1I. The van der Waals surface area contributed by atoms with Crippen LogP contribution in [0, 0.1) is 10.7 Å². The van der Waals surface area contributed by atoms with E-state index in [1.807, 2.05) is 12.1 Å². The van der Waals surface area contributed by atoms with Crippen molar-refractivity contribution in [3.63, 3.8) is 0 Å². The molecule has 21 heavy (non-hydrogen) atoms. The number of ether oxygens (including phenoxy) is 2. The van der Waals surface area contributed by atoms with Gasteiger partial charge in [0.2, 0.25) is 0 Å². The Labute approximate surface area is 164 Å². The van der Waals surface area contributed by atoms with Crippen molar-refractivity contribution in [2.45, 2.75) is 13.3 Å². The van der Waals surface area contributed by atoms with Crippen LogP contribution in [0.4, 0.5) is 0 Å². The van der Waals surface area contributed by atoms with E-state index in [1.165, 1.54) is 0 Å². The number of carbonyl (C=O) groups is 2. The van der Waals surface area contributed by atoms with Crippen LogP contribution >= 0.6 is 67.8 Å². The van der Waals surface area contributed by atoms with Crippen molar-refractivity contribution >= 4 is 79.7 Å². The Kier molecular flexibility index (Phi) is 8.46. The molecule has 114 valence electrons. The van der Waals surface area contributed by atoms with Gasteiger partial charge in [-0.3, -0.25) is 0 Å². The van der Waals surface area contributed by atoms with Gasteiger partial charge in [-0.15, -0.1) is 0 Å². The monoisotopic (exact) mass is 626 g/mol. The van der Waals surface area contributed by atoms with Crippen LogP contribution < -0.4 is 0 Å². The van der Waals surface area contributed by atoms with Crippen LogP contribution in [0.2, 0.25) is 0 Å². The predicted molar refractivity (Wildman–Crippen MR) is 105 cm³/mol. The molecule has 1 aromatic carbocycles. The molecule has 0 atom stereocenters. The predicted octanol–water partition coefficient (Wildman–Crippen LogP) is 4.17. The average Bonchev–Trinajstić information content (AvgIpc) is 2.36. The first kappa shape index (κ1) is 19.1. The van der Waals surface area contributed by atoms with E-state index < -0.39 is 5.97 Å². The van der Waals surface area contributed by atoms with E-state index in [4.69, 9.17) is 9.47 Å². The van der Waals surface area contributed by atoms with E-state index >= 15 is 0 Å². The van der Waals surface area contributed by atoms with E-state index in [0.29, 0.717) is 17.6 Å². The van der Waals surface area contributed by atoms with Gasteiger partial charge in [-0.05, 0) is 86.8 Å². The Morgan fingerprint density at radius 3 is 2.14 bits per heavy atom. The van der Waals surface area contributed by atoms with Gasteiger partial charge in [-0.2, -0.15) is 0 Å². The van der Waals surface area contributed by atoms with E-state index in [-0.39, 0.29) is 19.2 Å². The van der Waals surface area contributed by atoms with Gasteiger partial charge in [0.1, 0.15) is 0 Å². The van der Waals surface area contributed by atoms with Gasteiger partial charge < -0.3 is 9.47 Å². The summed E-state index contributed by atoms with van der Waals surface area (Å²) in [4.78, 5) is 23.2. The second-order valence-corrected chi connectivity index (χ2v) is 7.72. The molecule has 0 heterocycles. The Morgan fingerprint density at radius 1 is 1.10 bits per heavy atom. The van der Waals surface area contributed by atoms with Crippen LogP contribution in [0.25, 0.3) is 0 Å². The molecule has 0 N–H and O–H groups in total. The largest absolute Gasteiger partial charge is 0.462 e. The zero-order chi connectivity index (χ0) is 16.0. The number of esters is 2. The lowest BCUT2D eigenvalue weighted by Crippen LogP contribution is -2.13. The van der Waals surface area contributed by atoms with E-state index in [9.17, 15) is 9.59 Å². The smallest absolute Gasteiger partial charge is 0.340 e. The minimum absolute atomic E-state index is 0.208. The quantitative estimate of drug-likeness (QED) is 0.206. The summed E-state index contributed by atoms with van der Waals surface area (Å²) in [6, 6.07) is 3.85.